The Kier molecular flexibility index (Phi) is 5.26. The Hall–Kier alpha value is -0.810. The van der Waals surface area contributed by atoms with Crippen LogP contribution in [-0.2, 0) is 0 Å². The highest BCUT2D eigenvalue weighted by atomic mass is 32.2. The van der Waals surface area contributed by atoms with Crippen LogP contribution in [0.2, 0.25) is 0 Å². The van der Waals surface area contributed by atoms with Gasteiger partial charge in [-0.05, 0) is 43.0 Å². The topological polar surface area (TPSA) is 24.9 Å². The van der Waals surface area contributed by atoms with E-state index in [9.17, 15) is 4.39 Å². The average Bonchev–Trinajstić information content (AvgIpc) is 2.75. The highest BCUT2D eigenvalue weighted by Gasteiger charge is 2.03. The molecule has 1 aromatic heterocycles. The number of nitrogens with one attached hydrogen (secondary N) is 1. The first-order chi connectivity index (χ1) is 8.79. The minimum atomic E-state index is -0.199. The number of hydrogen-bond donors (Lipinski definition) is 1. The molecule has 0 aliphatic rings. The molecule has 0 bridgehead atoms. The van der Waals surface area contributed by atoms with Crippen LogP contribution in [0.1, 0.15) is 19.3 Å². The molecule has 0 saturated carbocycles. The van der Waals surface area contributed by atoms with E-state index in [1.54, 1.807) is 6.07 Å². The highest BCUT2D eigenvalue weighted by Crippen LogP contribution is 2.26. The molecule has 1 aromatic carbocycles. The number of thiazole rings is 1. The molecule has 98 valence electrons. The second kappa shape index (κ2) is 6.95. The standard InChI is InChI=1S/C13H17FN2S2/c1-17-8-4-2-3-7-15-13-16-11-6-5-10(14)9-12(11)18-13/h5-6,9H,2-4,7-8H2,1H3,(H,15,16). The molecule has 0 atom stereocenters. The summed E-state index contributed by atoms with van der Waals surface area (Å²) in [6.07, 6.45) is 5.81. The summed E-state index contributed by atoms with van der Waals surface area (Å²) in [7, 11) is 0. The van der Waals surface area contributed by atoms with Crippen molar-refractivity contribution >= 4 is 38.4 Å². The van der Waals surface area contributed by atoms with Gasteiger partial charge in [-0.15, -0.1) is 0 Å². The fourth-order valence-corrected chi connectivity index (χ4v) is 3.13. The smallest absolute Gasteiger partial charge is 0.183 e. The molecule has 0 saturated heterocycles. The van der Waals surface area contributed by atoms with Gasteiger partial charge in [0.25, 0.3) is 0 Å². The second-order valence-corrected chi connectivity index (χ2v) is 6.13. The van der Waals surface area contributed by atoms with Crippen LogP contribution in [0, 0.1) is 5.82 Å². The lowest BCUT2D eigenvalue weighted by Gasteiger charge is -2.01. The first kappa shape index (κ1) is 13.6. The van der Waals surface area contributed by atoms with E-state index < -0.39 is 0 Å². The number of halogens is 1. The van der Waals surface area contributed by atoms with E-state index in [4.69, 9.17) is 0 Å². The summed E-state index contributed by atoms with van der Waals surface area (Å²) >= 11 is 3.41. The van der Waals surface area contributed by atoms with Crippen LogP contribution in [-0.4, -0.2) is 23.5 Å². The molecule has 2 aromatic rings. The van der Waals surface area contributed by atoms with Crippen LogP contribution in [0.5, 0.6) is 0 Å². The van der Waals surface area contributed by atoms with Crippen LogP contribution in [0.15, 0.2) is 18.2 Å². The van der Waals surface area contributed by atoms with E-state index in [1.807, 2.05) is 11.8 Å². The number of fused-ring (bicyclic) bond motifs is 1. The van der Waals surface area contributed by atoms with Gasteiger partial charge in [0.2, 0.25) is 0 Å². The molecule has 18 heavy (non-hydrogen) atoms. The van der Waals surface area contributed by atoms with Gasteiger partial charge >= 0.3 is 0 Å². The molecule has 5 heteroatoms. The molecule has 0 amide bonds. The van der Waals surface area contributed by atoms with Gasteiger partial charge in [0.1, 0.15) is 5.82 Å². The highest BCUT2D eigenvalue weighted by molar-refractivity contribution is 7.98. The summed E-state index contributed by atoms with van der Waals surface area (Å²) in [6, 6.07) is 4.72. The molecule has 0 aliphatic carbocycles. The maximum absolute atomic E-state index is 13.0. The van der Waals surface area contributed by atoms with Gasteiger partial charge in [-0.1, -0.05) is 17.8 Å². The monoisotopic (exact) mass is 284 g/mol. The lowest BCUT2D eigenvalue weighted by Crippen LogP contribution is -2.00. The Morgan fingerprint density at radius 3 is 3.06 bits per heavy atom. The van der Waals surface area contributed by atoms with Crippen LogP contribution >= 0.6 is 23.1 Å². The van der Waals surface area contributed by atoms with Crippen molar-refractivity contribution in [1.82, 2.24) is 4.98 Å². The molecule has 0 fully saturated rings. The fraction of sp³-hybridized carbons (Fsp3) is 0.462. The molecule has 0 radical (unpaired) electrons. The minimum Gasteiger partial charge on any atom is -0.361 e. The summed E-state index contributed by atoms with van der Waals surface area (Å²) < 4.78 is 13.9. The molecule has 1 N–H and O–H groups in total. The summed E-state index contributed by atoms with van der Waals surface area (Å²) in [5.41, 5.74) is 0.867. The Morgan fingerprint density at radius 1 is 1.33 bits per heavy atom. The molecule has 0 unspecified atom stereocenters. The first-order valence-electron chi connectivity index (χ1n) is 6.08. The molecular formula is C13H17FN2S2. The lowest BCUT2D eigenvalue weighted by molar-refractivity contribution is 0.630. The Balaban J connectivity index is 1.81. The van der Waals surface area contributed by atoms with Gasteiger partial charge in [0, 0.05) is 6.54 Å². The predicted octanol–water partition coefficient (Wildman–Crippen LogP) is 4.38. The number of rotatable bonds is 7. The third kappa shape index (κ3) is 3.85. The van der Waals surface area contributed by atoms with Gasteiger partial charge < -0.3 is 5.32 Å². The van der Waals surface area contributed by atoms with Gasteiger partial charge in [-0.25, -0.2) is 9.37 Å². The summed E-state index contributed by atoms with van der Waals surface area (Å²) in [6.45, 7) is 0.941. The number of unbranched alkanes of at least 4 members (excludes halogenated alkanes) is 2. The van der Waals surface area contributed by atoms with Crippen molar-refractivity contribution in [1.29, 1.82) is 0 Å². The number of hydrogen-bond acceptors (Lipinski definition) is 4. The summed E-state index contributed by atoms with van der Waals surface area (Å²) in [4.78, 5) is 4.42. The van der Waals surface area contributed by atoms with Crippen LogP contribution < -0.4 is 5.32 Å². The van der Waals surface area contributed by atoms with E-state index in [1.165, 1.54) is 42.1 Å². The Bertz CT molecular complexity index is 499. The van der Waals surface area contributed by atoms with E-state index in [2.05, 4.69) is 16.6 Å². The Labute approximate surface area is 115 Å². The number of nitrogens with zero attached hydrogens (tertiary/aromatic N) is 1. The minimum absolute atomic E-state index is 0.199. The number of aromatic nitrogens is 1. The van der Waals surface area contributed by atoms with E-state index in [0.29, 0.717) is 0 Å². The van der Waals surface area contributed by atoms with Crippen molar-refractivity contribution in [3.63, 3.8) is 0 Å². The average molecular weight is 284 g/mol. The molecule has 2 nitrogen and oxygen atoms in total. The summed E-state index contributed by atoms with van der Waals surface area (Å²) in [5.74, 6) is 1.04. The normalized spacial score (nSPS) is 11.0. The van der Waals surface area contributed by atoms with Gasteiger partial charge in [-0.2, -0.15) is 11.8 Å². The van der Waals surface area contributed by atoms with Crippen LogP contribution in [0.25, 0.3) is 10.2 Å². The van der Waals surface area contributed by atoms with Crippen molar-refractivity contribution in [3.05, 3.63) is 24.0 Å². The van der Waals surface area contributed by atoms with Crippen molar-refractivity contribution in [2.75, 3.05) is 23.9 Å². The van der Waals surface area contributed by atoms with E-state index in [-0.39, 0.29) is 5.82 Å². The molecule has 2 rings (SSSR count). The maximum atomic E-state index is 13.0. The molecule has 1 heterocycles. The molecule has 0 spiro atoms. The van der Waals surface area contributed by atoms with Gasteiger partial charge in [0.05, 0.1) is 10.2 Å². The van der Waals surface area contributed by atoms with Crippen molar-refractivity contribution in [2.45, 2.75) is 19.3 Å². The molecule has 0 aliphatic heterocycles. The lowest BCUT2D eigenvalue weighted by atomic mass is 10.2. The van der Waals surface area contributed by atoms with Gasteiger partial charge in [-0.3, -0.25) is 0 Å². The van der Waals surface area contributed by atoms with E-state index in [0.717, 1.165) is 28.3 Å². The second-order valence-electron chi connectivity index (χ2n) is 4.11. The predicted molar refractivity (Wildman–Crippen MR) is 80.3 cm³/mol. The third-order valence-electron chi connectivity index (χ3n) is 2.65. The molecular weight excluding hydrogens is 267 g/mol. The van der Waals surface area contributed by atoms with Crippen LogP contribution in [0.3, 0.4) is 0 Å². The number of benzene rings is 1. The SMILES string of the molecule is CSCCCCCNc1nc2ccc(F)cc2s1. The largest absolute Gasteiger partial charge is 0.361 e. The zero-order valence-corrected chi connectivity index (χ0v) is 12.0. The van der Waals surface area contributed by atoms with Crippen molar-refractivity contribution in [2.24, 2.45) is 0 Å². The van der Waals surface area contributed by atoms with Crippen molar-refractivity contribution in [3.8, 4) is 0 Å². The van der Waals surface area contributed by atoms with E-state index >= 15 is 0 Å². The Morgan fingerprint density at radius 2 is 2.22 bits per heavy atom. The number of thioether (sulfide) groups is 1. The zero-order chi connectivity index (χ0) is 12.8. The summed E-state index contributed by atoms with van der Waals surface area (Å²) in [5, 5.41) is 4.20. The third-order valence-corrected chi connectivity index (χ3v) is 4.32. The van der Waals surface area contributed by atoms with Gasteiger partial charge in [0.15, 0.2) is 5.13 Å². The van der Waals surface area contributed by atoms with Crippen LogP contribution in [0.4, 0.5) is 9.52 Å². The zero-order valence-electron chi connectivity index (χ0n) is 10.4. The fourth-order valence-electron chi connectivity index (χ4n) is 1.72. The number of anilines is 1. The first-order valence-corrected chi connectivity index (χ1v) is 8.29. The van der Waals surface area contributed by atoms with Crippen molar-refractivity contribution < 1.29 is 4.39 Å². The maximum Gasteiger partial charge on any atom is 0.183 e. The quantitative estimate of drug-likeness (QED) is 0.764.